The number of nitrogens with one attached hydrogen (secondary N) is 1. The molecule has 1 unspecified atom stereocenters. The molecule has 2 rings (SSSR count). The van der Waals surface area contributed by atoms with E-state index in [9.17, 15) is 4.39 Å². The number of hydrogen-bond donors (Lipinski definition) is 1. The van der Waals surface area contributed by atoms with Gasteiger partial charge in [0.15, 0.2) is 0 Å². The zero-order valence-electron chi connectivity index (χ0n) is 7.81. The van der Waals surface area contributed by atoms with E-state index < -0.39 is 6.02 Å². The molecule has 1 fully saturated rings. The largest absolute Gasteiger partial charge is 0.310 e. The van der Waals surface area contributed by atoms with Crippen LogP contribution in [0.15, 0.2) is 24.3 Å². The molecule has 1 saturated heterocycles. The van der Waals surface area contributed by atoms with Gasteiger partial charge >= 0.3 is 0 Å². The lowest BCUT2D eigenvalue weighted by molar-refractivity contribution is 0.606. The summed E-state index contributed by atoms with van der Waals surface area (Å²) in [6.07, 6.45) is 1.75. The van der Waals surface area contributed by atoms with E-state index in [2.05, 4.69) is 5.32 Å². The summed E-state index contributed by atoms with van der Waals surface area (Å²) in [7, 11) is 0. The van der Waals surface area contributed by atoms with Crippen LogP contribution in [0.1, 0.15) is 25.8 Å². The number of rotatable bonds is 1. The third kappa shape index (κ3) is 1.48. The van der Waals surface area contributed by atoms with Gasteiger partial charge < -0.3 is 5.32 Å². The van der Waals surface area contributed by atoms with Gasteiger partial charge in [0.25, 0.3) is 0 Å². The first-order chi connectivity index (χ1) is 6.21. The first kappa shape index (κ1) is 6.61. The number of benzene rings is 1. The van der Waals surface area contributed by atoms with E-state index in [1.165, 1.54) is 12.1 Å². The van der Waals surface area contributed by atoms with Crippen LogP contribution in [0, 0.1) is 5.82 Å². The highest BCUT2D eigenvalue weighted by atomic mass is 19.1. The highest BCUT2D eigenvalue weighted by Crippen LogP contribution is 2.22. The van der Waals surface area contributed by atoms with Gasteiger partial charge in [0.05, 0.1) is 1.37 Å². The van der Waals surface area contributed by atoms with Crippen molar-refractivity contribution in [3.05, 3.63) is 35.6 Å². The van der Waals surface area contributed by atoms with Gasteiger partial charge in [-0.25, -0.2) is 4.39 Å². The van der Waals surface area contributed by atoms with Crippen molar-refractivity contribution < 1.29 is 5.76 Å². The van der Waals surface area contributed by atoms with Gasteiger partial charge in [-0.3, -0.25) is 0 Å². The monoisotopic (exact) mass is 166 g/mol. The van der Waals surface area contributed by atoms with E-state index in [0.29, 0.717) is 0 Å². The molecule has 12 heavy (non-hydrogen) atoms. The molecular formula is C10H12FN. The fourth-order valence-electron chi connectivity index (χ4n) is 1.52. The lowest BCUT2D eigenvalue weighted by Gasteiger charge is -2.09. The van der Waals surface area contributed by atoms with Crippen LogP contribution < -0.4 is 5.32 Å². The molecule has 2 heteroatoms. The van der Waals surface area contributed by atoms with Crippen LogP contribution in [-0.2, 0) is 0 Å². The second-order valence-corrected chi connectivity index (χ2v) is 3.02. The minimum Gasteiger partial charge on any atom is -0.310 e. The molecule has 1 aromatic rings. The molecule has 64 valence electrons. The molecule has 1 nitrogen and oxygen atoms in total. The maximum atomic E-state index is 12.9. The first-order valence-electron chi connectivity index (χ1n) is 4.72. The minimum atomic E-state index is -0.762. The molecule has 0 bridgehead atoms. The molecule has 0 radical (unpaired) electrons. The molecule has 0 aromatic heterocycles. The molecule has 0 spiro atoms. The van der Waals surface area contributed by atoms with Gasteiger partial charge in [0.1, 0.15) is 5.82 Å². The minimum absolute atomic E-state index is 0.266. The molecule has 1 heterocycles. The van der Waals surface area contributed by atoms with E-state index in [0.717, 1.165) is 24.9 Å². The summed E-state index contributed by atoms with van der Waals surface area (Å²) in [4.78, 5) is 0. The van der Waals surface area contributed by atoms with Crippen LogP contribution in [0.2, 0.25) is 0 Å². The molecule has 1 aromatic carbocycles. The quantitative estimate of drug-likeness (QED) is 0.674. The first-order valence-corrected chi connectivity index (χ1v) is 4.22. The Labute approximate surface area is 73.0 Å². The predicted molar refractivity (Wildman–Crippen MR) is 46.4 cm³/mol. The summed E-state index contributed by atoms with van der Waals surface area (Å²) in [6.45, 7) is 0.847. The normalized spacial score (nSPS) is 30.2. The maximum Gasteiger partial charge on any atom is 0.123 e. The summed E-state index contributed by atoms with van der Waals surface area (Å²) in [5.74, 6) is -0.266. The second-order valence-electron chi connectivity index (χ2n) is 3.02. The summed E-state index contributed by atoms with van der Waals surface area (Å²) in [5, 5.41) is 3.08. The van der Waals surface area contributed by atoms with Crippen molar-refractivity contribution in [1.29, 1.82) is 0 Å². The standard InChI is InChI=1S/C10H12FN/c11-9-4-1-3-8(7-9)10-5-2-6-12-10/h1,3-4,7,10,12H,2,5-6H2/i10D. The molecule has 0 aliphatic carbocycles. The van der Waals surface area contributed by atoms with Crippen LogP contribution in [0.25, 0.3) is 0 Å². The summed E-state index contributed by atoms with van der Waals surface area (Å²) in [6, 6.07) is 5.53. The Hall–Kier alpha value is -0.890. The second kappa shape index (κ2) is 3.23. The highest BCUT2D eigenvalue weighted by molar-refractivity contribution is 5.20. The van der Waals surface area contributed by atoms with Crippen LogP contribution in [-0.4, -0.2) is 6.54 Å². The molecule has 1 aliphatic rings. The maximum absolute atomic E-state index is 12.9. The fraction of sp³-hybridized carbons (Fsp3) is 0.400. The van der Waals surface area contributed by atoms with Crippen molar-refractivity contribution in [3.63, 3.8) is 0 Å². The average Bonchev–Trinajstić information content (AvgIpc) is 2.54. The van der Waals surface area contributed by atoms with Crippen molar-refractivity contribution in [2.75, 3.05) is 6.54 Å². The van der Waals surface area contributed by atoms with E-state index in [1.807, 2.05) is 0 Å². The Morgan fingerprint density at radius 1 is 1.58 bits per heavy atom. The Morgan fingerprint density at radius 3 is 3.17 bits per heavy atom. The lowest BCUT2D eigenvalue weighted by atomic mass is 10.1. The van der Waals surface area contributed by atoms with E-state index in [1.54, 1.807) is 12.1 Å². The van der Waals surface area contributed by atoms with Gasteiger partial charge in [-0.05, 0) is 37.1 Å². The zero-order chi connectivity index (χ0) is 9.31. The van der Waals surface area contributed by atoms with Gasteiger partial charge in [-0.15, -0.1) is 0 Å². The Bertz CT molecular complexity index is 308. The van der Waals surface area contributed by atoms with Crippen molar-refractivity contribution in [2.24, 2.45) is 0 Å². The Kier molecular flexibility index (Phi) is 1.78. The average molecular weight is 166 g/mol. The predicted octanol–water partition coefficient (Wildman–Crippen LogP) is 2.25. The van der Waals surface area contributed by atoms with E-state index in [-0.39, 0.29) is 5.82 Å². The number of halogens is 1. The van der Waals surface area contributed by atoms with Crippen molar-refractivity contribution in [3.8, 4) is 0 Å². The van der Waals surface area contributed by atoms with Crippen LogP contribution in [0.3, 0.4) is 0 Å². The highest BCUT2D eigenvalue weighted by Gasteiger charge is 2.15. The molecule has 1 atom stereocenters. The zero-order valence-corrected chi connectivity index (χ0v) is 6.81. The van der Waals surface area contributed by atoms with Crippen molar-refractivity contribution >= 4 is 0 Å². The van der Waals surface area contributed by atoms with Crippen molar-refractivity contribution in [1.82, 2.24) is 5.32 Å². The SMILES string of the molecule is [2H]C1(c2cccc(F)c2)CCCN1. The number of hydrogen-bond acceptors (Lipinski definition) is 1. The molecule has 0 saturated carbocycles. The van der Waals surface area contributed by atoms with Gasteiger partial charge in [-0.1, -0.05) is 12.1 Å². The Morgan fingerprint density at radius 2 is 2.50 bits per heavy atom. The van der Waals surface area contributed by atoms with Gasteiger partial charge in [0.2, 0.25) is 0 Å². The molecule has 0 amide bonds. The van der Waals surface area contributed by atoms with Crippen LogP contribution >= 0.6 is 0 Å². The lowest BCUT2D eigenvalue weighted by Crippen LogP contribution is -2.12. The Balaban J connectivity index is 2.33. The fourth-order valence-corrected chi connectivity index (χ4v) is 1.52. The molecule has 1 aliphatic heterocycles. The van der Waals surface area contributed by atoms with Gasteiger partial charge in [0, 0.05) is 6.02 Å². The third-order valence-electron chi connectivity index (χ3n) is 2.12. The molecule has 1 N–H and O–H groups in total. The summed E-state index contributed by atoms with van der Waals surface area (Å²) in [5.41, 5.74) is 0.727. The van der Waals surface area contributed by atoms with Crippen LogP contribution in [0.4, 0.5) is 4.39 Å². The van der Waals surface area contributed by atoms with Crippen LogP contribution in [0.5, 0.6) is 0 Å². The topological polar surface area (TPSA) is 12.0 Å². The summed E-state index contributed by atoms with van der Waals surface area (Å²) >= 11 is 0. The van der Waals surface area contributed by atoms with E-state index in [4.69, 9.17) is 1.37 Å². The van der Waals surface area contributed by atoms with Gasteiger partial charge in [-0.2, -0.15) is 0 Å². The third-order valence-corrected chi connectivity index (χ3v) is 2.12. The van der Waals surface area contributed by atoms with E-state index >= 15 is 0 Å². The molecular weight excluding hydrogens is 153 g/mol. The smallest absolute Gasteiger partial charge is 0.123 e. The van der Waals surface area contributed by atoms with Crippen molar-refractivity contribution in [2.45, 2.75) is 18.9 Å². The summed E-state index contributed by atoms with van der Waals surface area (Å²) < 4.78 is 20.9.